The minimum absolute atomic E-state index is 0.0180. The molecule has 1 aliphatic rings. The first-order valence-electron chi connectivity index (χ1n) is 8.45. The molecule has 0 unspecified atom stereocenters. The number of aryl methyl sites for hydroxylation is 2. The molecule has 25 heavy (non-hydrogen) atoms. The van der Waals surface area contributed by atoms with Crippen molar-refractivity contribution in [2.75, 3.05) is 17.2 Å². The van der Waals surface area contributed by atoms with E-state index in [1.54, 1.807) is 17.9 Å². The minimum atomic E-state index is -0.294. The summed E-state index contributed by atoms with van der Waals surface area (Å²) in [5.74, 6) is 0.676. The molecule has 1 aliphatic carbocycles. The lowest BCUT2D eigenvalue weighted by molar-refractivity contribution is -0.116. The molecule has 1 heterocycles. The fraction of sp³-hybridized carbons (Fsp3) is 0.389. The molecule has 7 heteroatoms. The number of benzene rings is 1. The topological polar surface area (TPSA) is 87.5 Å². The molecule has 2 N–H and O–H groups in total. The fourth-order valence-corrected chi connectivity index (χ4v) is 2.58. The summed E-state index contributed by atoms with van der Waals surface area (Å²) in [6.45, 7) is 3.79. The number of hydrogen-bond acceptors (Lipinski definition) is 4. The van der Waals surface area contributed by atoms with Gasteiger partial charge < -0.3 is 20.1 Å². The predicted octanol–water partition coefficient (Wildman–Crippen LogP) is 3.18. The van der Waals surface area contributed by atoms with E-state index in [-0.39, 0.29) is 24.5 Å². The van der Waals surface area contributed by atoms with Crippen LogP contribution in [0.25, 0.3) is 0 Å². The van der Waals surface area contributed by atoms with Gasteiger partial charge in [0.15, 0.2) is 5.82 Å². The quantitative estimate of drug-likeness (QED) is 0.844. The largest absolute Gasteiger partial charge is 0.360 e. The number of urea groups is 1. The molecule has 1 saturated carbocycles. The van der Waals surface area contributed by atoms with Crippen LogP contribution in [-0.4, -0.2) is 34.6 Å². The lowest BCUT2D eigenvalue weighted by atomic mass is 10.1. The highest BCUT2D eigenvalue weighted by Crippen LogP contribution is 2.27. The van der Waals surface area contributed by atoms with Crippen LogP contribution in [0.3, 0.4) is 0 Å². The number of anilines is 2. The zero-order chi connectivity index (χ0) is 17.8. The number of amides is 3. The van der Waals surface area contributed by atoms with Gasteiger partial charge in [-0.1, -0.05) is 24.2 Å². The highest BCUT2D eigenvalue weighted by Gasteiger charge is 2.34. The number of rotatable bonds is 6. The van der Waals surface area contributed by atoms with Gasteiger partial charge in [-0.3, -0.25) is 4.79 Å². The average Bonchev–Trinajstić information content (AvgIpc) is 3.35. The molecule has 3 amide bonds. The lowest BCUT2D eigenvalue weighted by Crippen LogP contribution is -2.42. The molecular formula is C18H22N4O3. The van der Waals surface area contributed by atoms with Crippen LogP contribution in [0.2, 0.25) is 0 Å². The Labute approximate surface area is 146 Å². The second-order valence-electron chi connectivity index (χ2n) is 6.21. The van der Waals surface area contributed by atoms with Gasteiger partial charge >= 0.3 is 6.03 Å². The first-order valence-corrected chi connectivity index (χ1v) is 8.45. The molecule has 0 bridgehead atoms. The van der Waals surface area contributed by atoms with E-state index in [1.807, 2.05) is 24.3 Å². The summed E-state index contributed by atoms with van der Waals surface area (Å²) in [6, 6.07) is 9.20. The Balaban J connectivity index is 1.62. The summed E-state index contributed by atoms with van der Waals surface area (Å²) >= 11 is 0. The Bertz CT molecular complexity index is 767. The van der Waals surface area contributed by atoms with E-state index in [0.717, 1.165) is 30.5 Å². The van der Waals surface area contributed by atoms with Gasteiger partial charge in [0.2, 0.25) is 5.91 Å². The molecule has 0 radical (unpaired) electrons. The monoisotopic (exact) mass is 342 g/mol. The van der Waals surface area contributed by atoms with E-state index in [4.69, 9.17) is 4.52 Å². The molecule has 7 nitrogen and oxygen atoms in total. The van der Waals surface area contributed by atoms with E-state index < -0.39 is 0 Å². The van der Waals surface area contributed by atoms with Gasteiger partial charge in [0.25, 0.3) is 0 Å². The number of carbonyl (C=O) groups is 2. The van der Waals surface area contributed by atoms with E-state index in [1.165, 1.54) is 0 Å². The molecule has 2 aromatic rings. The van der Waals surface area contributed by atoms with E-state index in [0.29, 0.717) is 11.6 Å². The van der Waals surface area contributed by atoms with Gasteiger partial charge in [-0.15, -0.1) is 0 Å². The van der Waals surface area contributed by atoms with E-state index >= 15 is 0 Å². The maximum atomic E-state index is 12.6. The van der Waals surface area contributed by atoms with Crippen LogP contribution in [0, 0.1) is 6.92 Å². The zero-order valence-electron chi connectivity index (χ0n) is 14.4. The molecule has 132 valence electrons. The minimum Gasteiger partial charge on any atom is -0.360 e. The van der Waals surface area contributed by atoms with Crippen LogP contribution in [0.1, 0.15) is 31.1 Å². The van der Waals surface area contributed by atoms with Crippen molar-refractivity contribution in [2.45, 2.75) is 39.2 Å². The SMILES string of the molecule is CCc1cccc(NC(=O)N(CC(=O)Nc2cc(C)on2)C2CC2)c1. The van der Waals surface area contributed by atoms with Crippen molar-refractivity contribution >= 4 is 23.4 Å². The van der Waals surface area contributed by atoms with Gasteiger partial charge in [-0.05, 0) is 43.9 Å². The number of carbonyl (C=O) groups excluding carboxylic acids is 2. The van der Waals surface area contributed by atoms with E-state index in [9.17, 15) is 9.59 Å². The van der Waals surface area contributed by atoms with Crippen LogP contribution in [0.4, 0.5) is 16.3 Å². The first-order chi connectivity index (χ1) is 12.0. The maximum absolute atomic E-state index is 12.6. The van der Waals surface area contributed by atoms with Crippen molar-refractivity contribution in [1.29, 1.82) is 0 Å². The third-order valence-corrected chi connectivity index (χ3v) is 4.04. The van der Waals surface area contributed by atoms with Crippen molar-refractivity contribution < 1.29 is 14.1 Å². The summed E-state index contributed by atoms with van der Waals surface area (Å²) in [5, 5.41) is 9.26. The van der Waals surface area contributed by atoms with Crippen LogP contribution >= 0.6 is 0 Å². The van der Waals surface area contributed by atoms with E-state index in [2.05, 4.69) is 22.7 Å². The van der Waals surface area contributed by atoms with Crippen molar-refractivity contribution in [1.82, 2.24) is 10.1 Å². The van der Waals surface area contributed by atoms with Gasteiger partial charge in [0, 0.05) is 17.8 Å². The molecule has 1 aromatic heterocycles. The highest BCUT2D eigenvalue weighted by atomic mass is 16.5. The predicted molar refractivity (Wildman–Crippen MR) is 94.4 cm³/mol. The number of aromatic nitrogens is 1. The second kappa shape index (κ2) is 7.38. The second-order valence-corrected chi connectivity index (χ2v) is 6.21. The smallest absolute Gasteiger partial charge is 0.322 e. The van der Waals surface area contributed by atoms with Crippen LogP contribution < -0.4 is 10.6 Å². The lowest BCUT2D eigenvalue weighted by Gasteiger charge is -2.22. The summed E-state index contributed by atoms with van der Waals surface area (Å²) in [4.78, 5) is 26.4. The summed E-state index contributed by atoms with van der Waals surface area (Å²) in [5.41, 5.74) is 1.89. The average molecular weight is 342 g/mol. The van der Waals surface area contributed by atoms with Crippen molar-refractivity contribution in [3.05, 3.63) is 41.7 Å². The number of nitrogens with zero attached hydrogens (tertiary/aromatic N) is 2. The van der Waals surface area contributed by atoms with Crippen LogP contribution in [0.5, 0.6) is 0 Å². The molecular weight excluding hydrogens is 320 g/mol. The Morgan fingerprint density at radius 2 is 2.08 bits per heavy atom. The highest BCUT2D eigenvalue weighted by molar-refractivity contribution is 5.96. The Kier molecular flexibility index (Phi) is 5.02. The normalized spacial score (nSPS) is 13.4. The molecule has 1 fully saturated rings. The van der Waals surface area contributed by atoms with Gasteiger partial charge in [0.1, 0.15) is 12.3 Å². The third-order valence-electron chi connectivity index (χ3n) is 4.04. The molecule has 0 aliphatic heterocycles. The molecule has 1 aromatic carbocycles. The summed E-state index contributed by atoms with van der Waals surface area (Å²) in [7, 11) is 0. The van der Waals surface area contributed by atoms with Gasteiger partial charge in [-0.2, -0.15) is 0 Å². The first kappa shape index (κ1) is 17.0. The number of hydrogen-bond donors (Lipinski definition) is 2. The Morgan fingerprint density at radius 3 is 2.72 bits per heavy atom. The van der Waals surface area contributed by atoms with Gasteiger partial charge in [0.05, 0.1) is 0 Å². The van der Waals surface area contributed by atoms with Gasteiger partial charge in [-0.25, -0.2) is 4.79 Å². The van der Waals surface area contributed by atoms with Crippen molar-refractivity contribution in [3.63, 3.8) is 0 Å². The standard InChI is InChI=1S/C18H22N4O3/c1-3-13-5-4-6-14(10-13)19-18(24)22(15-7-8-15)11-17(23)20-16-9-12(2)25-21-16/h4-6,9-10,15H,3,7-8,11H2,1-2H3,(H,19,24)(H,20,21,23). The summed E-state index contributed by atoms with van der Waals surface area (Å²) in [6.07, 6.45) is 2.73. The van der Waals surface area contributed by atoms with Crippen molar-refractivity contribution in [3.8, 4) is 0 Å². The zero-order valence-corrected chi connectivity index (χ0v) is 14.4. The molecule has 0 saturated heterocycles. The molecule has 0 atom stereocenters. The Hall–Kier alpha value is -2.83. The Morgan fingerprint density at radius 1 is 1.28 bits per heavy atom. The third kappa shape index (κ3) is 4.59. The van der Waals surface area contributed by atoms with Crippen LogP contribution in [-0.2, 0) is 11.2 Å². The van der Waals surface area contributed by atoms with Crippen LogP contribution in [0.15, 0.2) is 34.9 Å². The summed E-state index contributed by atoms with van der Waals surface area (Å²) < 4.78 is 4.92. The number of nitrogens with one attached hydrogen (secondary N) is 2. The van der Waals surface area contributed by atoms with Crippen molar-refractivity contribution in [2.24, 2.45) is 0 Å². The fourth-order valence-electron chi connectivity index (χ4n) is 2.58. The molecule has 0 spiro atoms. The maximum Gasteiger partial charge on any atom is 0.322 e. The molecule has 3 rings (SSSR count).